The first-order chi connectivity index (χ1) is 23.8. The number of furan rings is 1. The summed E-state index contributed by atoms with van der Waals surface area (Å²) in [6.07, 6.45) is 6.38. The highest BCUT2D eigenvalue weighted by Gasteiger charge is 2.37. The van der Waals surface area contributed by atoms with Gasteiger partial charge in [-0.15, -0.1) is 0 Å². The summed E-state index contributed by atoms with van der Waals surface area (Å²) in [5.74, 6) is 2.83. The molecule has 48 heavy (non-hydrogen) atoms. The minimum atomic E-state index is -0.0620. The molecule has 2 atom stereocenters. The minimum absolute atomic E-state index is 0.0620. The van der Waals surface area contributed by atoms with Gasteiger partial charge in [0.25, 0.3) is 0 Å². The van der Waals surface area contributed by atoms with E-state index in [0.717, 1.165) is 55.3 Å². The zero-order valence-electron chi connectivity index (χ0n) is 25.7. The molecule has 6 aromatic carbocycles. The number of nitrogens with zero attached hydrogens (tertiary/aromatic N) is 3. The lowest BCUT2D eigenvalue weighted by atomic mass is 9.80. The van der Waals surface area contributed by atoms with Crippen LogP contribution in [0.5, 0.6) is 5.75 Å². The third-order valence-corrected chi connectivity index (χ3v) is 9.52. The van der Waals surface area contributed by atoms with Gasteiger partial charge in [-0.3, -0.25) is 0 Å². The number of allylic oxidation sites excluding steroid dienone is 2. The number of ether oxygens (including phenoxy) is 1. The fourth-order valence-corrected chi connectivity index (χ4v) is 7.24. The van der Waals surface area contributed by atoms with Gasteiger partial charge in [-0.05, 0) is 58.3 Å². The fraction of sp³-hybridized carbons (Fsp3) is 0.0465. The average molecular weight is 618 g/mol. The summed E-state index contributed by atoms with van der Waals surface area (Å²) in [4.78, 5) is 15.4. The van der Waals surface area contributed by atoms with Crippen molar-refractivity contribution in [3.63, 3.8) is 0 Å². The van der Waals surface area contributed by atoms with Gasteiger partial charge in [0.1, 0.15) is 23.0 Å². The van der Waals surface area contributed by atoms with E-state index in [9.17, 15) is 0 Å². The van der Waals surface area contributed by atoms with Crippen LogP contribution in [0.15, 0.2) is 156 Å². The molecule has 8 aromatic rings. The smallest absolute Gasteiger partial charge is 0.164 e. The number of fused-ring (bicyclic) bond motifs is 7. The van der Waals surface area contributed by atoms with Crippen LogP contribution in [-0.4, -0.2) is 21.1 Å². The second kappa shape index (κ2) is 10.6. The molecule has 0 spiro atoms. The van der Waals surface area contributed by atoms with Crippen molar-refractivity contribution in [2.75, 3.05) is 0 Å². The van der Waals surface area contributed by atoms with Crippen LogP contribution in [-0.2, 0) is 0 Å². The molecule has 10 rings (SSSR count). The van der Waals surface area contributed by atoms with Crippen molar-refractivity contribution in [3.8, 4) is 39.9 Å². The molecule has 1 aliphatic carbocycles. The second-order valence-electron chi connectivity index (χ2n) is 12.3. The Morgan fingerprint density at radius 3 is 2.12 bits per heavy atom. The van der Waals surface area contributed by atoms with E-state index >= 15 is 0 Å². The molecular weight excluding hydrogens is 590 g/mol. The lowest BCUT2D eigenvalue weighted by Crippen LogP contribution is -2.19. The van der Waals surface area contributed by atoms with Gasteiger partial charge in [0.15, 0.2) is 17.5 Å². The van der Waals surface area contributed by atoms with E-state index in [1.807, 2.05) is 36.4 Å². The maximum Gasteiger partial charge on any atom is 0.164 e. The summed E-state index contributed by atoms with van der Waals surface area (Å²) >= 11 is 0. The largest absolute Gasteiger partial charge is 0.485 e. The van der Waals surface area contributed by atoms with Crippen LogP contribution in [0.4, 0.5) is 0 Å². The number of rotatable bonds is 4. The summed E-state index contributed by atoms with van der Waals surface area (Å²) in [6, 6.07) is 45.8. The number of para-hydroxylation sites is 2. The van der Waals surface area contributed by atoms with E-state index in [2.05, 4.69) is 115 Å². The predicted molar refractivity (Wildman–Crippen MR) is 192 cm³/mol. The number of aromatic nitrogens is 3. The van der Waals surface area contributed by atoms with Crippen LogP contribution in [0.1, 0.15) is 17.0 Å². The third kappa shape index (κ3) is 4.28. The highest BCUT2D eigenvalue weighted by atomic mass is 16.5. The predicted octanol–water partition coefficient (Wildman–Crippen LogP) is 10.4. The Kier molecular flexibility index (Phi) is 5.93. The van der Waals surface area contributed by atoms with Crippen molar-refractivity contribution in [1.82, 2.24) is 15.0 Å². The van der Waals surface area contributed by atoms with Crippen LogP contribution in [0.3, 0.4) is 0 Å². The molecule has 5 heteroatoms. The topological polar surface area (TPSA) is 61.0 Å². The first kappa shape index (κ1) is 26.8. The molecule has 0 N–H and O–H groups in total. The maximum atomic E-state index is 6.38. The lowest BCUT2D eigenvalue weighted by Gasteiger charge is -2.24. The molecule has 0 fully saturated rings. The second-order valence-corrected chi connectivity index (χ2v) is 12.3. The number of hydrogen-bond acceptors (Lipinski definition) is 5. The van der Waals surface area contributed by atoms with Gasteiger partial charge in [0, 0.05) is 33.0 Å². The lowest BCUT2D eigenvalue weighted by molar-refractivity contribution is 0.271. The van der Waals surface area contributed by atoms with Gasteiger partial charge in [0.2, 0.25) is 0 Å². The van der Waals surface area contributed by atoms with Crippen LogP contribution in [0, 0.1) is 0 Å². The quantitative estimate of drug-likeness (QED) is 0.197. The Morgan fingerprint density at radius 1 is 0.521 bits per heavy atom. The summed E-state index contributed by atoms with van der Waals surface area (Å²) in [5.41, 5.74) is 7.85. The maximum absolute atomic E-state index is 6.38. The molecule has 0 saturated heterocycles. The highest BCUT2D eigenvalue weighted by Crippen LogP contribution is 2.49. The van der Waals surface area contributed by atoms with Crippen molar-refractivity contribution < 1.29 is 9.15 Å². The summed E-state index contributed by atoms with van der Waals surface area (Å²) in [5, 5.41) is 4.46. The molecule has 3 heterocycles. The van der Waals surface area contributed by atoms with E-state index < -0.39 is 0 Å². The van der Waals surface area contributed by atoms with Crippen molar-refractivity contribution in [1.29, 1.82) is 0 Å². The van der Waals surface area contributed by atoms with Crippen molar-refractivity contribution >= 4 is 38.3 Å². The zero-order valence-corrected chi connectivity index (χ0v) is 25.7. The van der Waals surface area contributed by atoms with Gasteiger partial charge in [-0.25, -0.2) is 15.0 Å². The Bertz CT molecular complexity index is 2630. The summed E-state index contributed by atoms with van der Waals surface area (Å²) in [7, 11) is 0. The molecule has 0 radical (unpaired) electrons. The average Bonchev–Trinajstić information content (AvgIpc) is 3.72. The standard InChI is InChI=1S/C43H27N3O2/c1-2-11-27-24-28(21-20-26(27)10-1)41-44-42(29-22-23-32-31-13-5-7-17-36(31)48-39(32)25-29)46-43(45-41)34-14-4-3-12-30(34)33-16-9-19-38-40(33)35-15-6-8-18-37(35)47-38/h1-25,38,40H. The van der Waals surface area contributed by atoms with Gasteiger partial charge < -0.3 is 9.15 Å². The molecular formula is C43H27N3O2. The van der Waals surface area contributed by atoms with E-state index in [-0.39, 0.29) is 12.0 Å². The zero-order chi connectivity index (χ0) is 31.6. The van der Waals surface area contributed by atoms with Crippen LogP contribution in [0.25, 0.3) is 72.4 Å². The Hall–Kier alpha value is -6.33. The first-order valence-corrected chi connectivity index (χ1v) is 16.2. The van der Waals surface area contributed by atoms with E-state index in [0.29, 0.717) is 17.5 Å². The SMILES string of the molecule is C1=CC2Oc3ccccc3C2C(c2ccccc2-c2nc(-c3ccc4ccccc4c3)nc(-c3ccc4c(c3)oc3ccccc34)n2)=C1. The van der Waals surface area contributed by atoms with Crippen LogP contribution < -0.4 is 4.74 Å². The van der Waals surface area contributed by atoms with E-state index in [1.165, 1.54) is 16.5 Å². The molecule has 0 amide bonds. The highest BCUT2D eigenvalue weighted by molar-refractivity contribution is 6.05. The van der Waals surface area contributed by atoms with Gasteiger partial charge in [0.05, 0.1) is 5.92 Å². The molecule has 5 nitrogen and oxygen atoms in total. The van der Waals surface area contributed by atoms with Crippen LogP contribution in [0.2, 0.25) is 0 Å². The number of hydrogen-bond donors (Lipinski definition) is 0. The van der Waals surface area contributed by atoms with Gasteiger partial charge in [-0.2, -0.15) is 0 Å². The molecule has 2 unspecified atom stereocenters. The monoisotopic (exact) mass is 617 g/mol. The molecule has 226 valence electrons. The minimum Gasteiger partial charge on any atom is -0.485 e. The van der Waals surface area contributed by atoms with E-state index in [1.54, 1.807) is 0 Å². The van der Waals surface area contributed by atoms with Gasteiger partial charge in [-0.1, -0.05) is 115 Å². The molecule has 0 bridgehead atoms. The fourth-order valence-electron chi connectivity index (χ4n) is 7.24. The molecule has 2 aromatic heterocycles. The van der Waals surface area contributed by atoms with Crippen molar-refractivity contribution in [3.05, 3.63) is 163 Å². The van der Waals surface area contributed by atoms with Crippen molar-refractivity contribution in [2.45, 2.75) is 12.0 Å². The first-order valence-electron chi connectivity index (χ1n) is 16.2. The number of benzene rings is 6. The molecule has 1 aliphatic heterocycles. The Balaban J connectivity index is 1.17. The van der Waals surface area contributed by atoms with E-state index in [4.69, 9.17) is 24.1 Å². The normalized spacial score (nSPS) is 16.5. The Morgan fingerprint density at radius 2 is 1.21 bits per heavy atom. The summed E-state index contributed by atoms with van der Waals surface area (Å²) < 4.78 is 12.6. The molecule has 2 aliphatic rings. The van der Waals surface area contributed by atoms with Crippen LogP contribution >= 0.6 is 0 Å². The third-order valence-electron chi connectivity index (χ3n) is 9.52. The summed E-state index contributed by atoms with van der Waals surface area (Å²) in [6.45, 7) is 0. The Labute approximate surface area is 276 Å². The molecule has 0 saturated carbocycles. The van der Waals surface area contributed by atoms with Gasteiger partial charge >= 0.3 is 0 Å². The van der Waals surface area contributed by atoms with Crippen molar-refractivity contribution in [2.24, 2.45) is 0 Å².